The first-order chi connectivity index (χ1) is 16.2. The number of fused-ring (bicyclic) bond motifs is 1. The first-order valence-electron chi connectivity index (χ1n) is 11.2. The molecule has 34 heavy (non-hydrogen) atoms. The summed E-state index contributed by atoms with van der Waals surface area (Å²) in [7, 11) is 0. The van der Waals surface area contributed by atoms with E-state index in [1.165, 1.54) is 19.1 Å². The van der Waals surface area contributed by atoms with E-state index in [0.717, 1.165) is 22.5 Å². The number of para-hydroxylation sites is 1. The van der Waals surface area contributed by atoms with Crippen molar-refractivity contribution in [3.8, 4) is 0 Å². The fraction of sp³-hybridized carbons (Fsp3) is 0.308. The summed E-state index contributed by atoms with van der Waals surface area (Å²) in [6, 6.07) is 10.0. The number of carbonyl (C=O) groups is 2. The van der Waals surface area contributed by atoms with E-state index in [1.807, 2.05) is 38.1 Å². The third kappa shape index (κ3) is 4.40. The second-order valence-electron chi connectivity index (χ2n) is 8.93. The lowest BCUT2D eigenvalue weighted by atomic mass is 9.84. The van der Waals surface area contributed by atoms with Crippen LogP contribution in [-0.2, 0) is 16.0 Å². The highest BCUT2D eigenvalue weighted by Gasteiger charge is 2.40. The van der Waals surface area contributed by atoms with Crippen LogP contribution in [0.3, 0.4) is 0 Å². The van der Waals surface area contributed by atoms with E-state index < -0.39 is 29.5 Å². The number of rotatable bonds is 7. The van der Waals surface area contributed by atoms with Crippen LogP contribution in [0.1, 0.15) is 43.5 Å². The van der Waals surface area contributed by atoms with Gasteiger partial charge in [-0.25, -0.2) is 8.78 Å². The normalized spacial score (nSPS) is 16.9. The van der Waals surface area contributed by atoms with E-state index in [0.29, 0.717) is 18.7 Å². The van der Waals surface area contributed by atoms with Crippen molar-refractivity contribution in [2.45, 2.75) is 39.2 Å². The predicted molar refractivity (Wildman–Crippen MR) is 125 cm³/mol. The lowest BCUT2D eigenvalue weighted by Crippen LogP contribution is -2.33. The summed E-state index contributed by atoms with van der Waals surface area (Å²) in [4.78, 5) is 27.9. The van der Waals surface area contributed by atoms with Crippen LogP contribution in [0, 0.1) is 17.6 Å². The first-order valence-corrected chi connectivity index (χ1v) is 11.2. The summed E-state index contributed by atoms with van der Waals surface area (Å²) < 4.78 is 28.6. The number of aromatic nitrogens is 1. The Kier molecular flexibility index (Phi) is 6.41. The second kappa shape index (κ2) is 9.29. The van der Waals surface area contributed by atoms with Gasteiger partial charge in [-0.05, 0) is 41.7 Å². The molecule has 0 spiro atoms. The molecule has 2 heterocycles. The Bertz CT molecular complexity index is 1280. The molecule has 1 aromatic heterocycles. The maximum absolute atomic E-state index is 14.3. The SMILES string of the molecule is CC(=O)NCCc1c(C(C2=C(O)C(C(C)C)NC2=O)c2cc(F)cc(F)c2)[nH]c2ccccc12. The summed E-state index contributed by atoms with van der Waals surface area (Å²) in [5.74, 6) is -3.41. The van der Waals surface area contributed by atoms with Crippen molar-refractivity contribution in [3.05, 3.63) is 82.3 Å². The second-order valence-corrected chi connectivity index (χ2v) is 8.93. The topological polar surface area (TPSA) is 94.2 Å². The number of aliphatic hydroxyl groups is 1. The molecule has 8 heteroatoms. The van der Waals surface area contributed by atoms with Crippen LogP contribution in [0.2, 0.25) is 0 Å². The highest BCUT2D eigenvalue weighted by atomic mass is 19.1. The highest BCUT2D eigenvalue weighted by Crippen LogP contribution is 2.41. The monoisotopic (exact) mass is 467 g/mol. The number of hydrogen-bond acceptors (Lipinski definition) is 3. The minimum absolute atomic E-state index is 0.0519. The molecule has 0 bridgehead atoms. The molecule has 2 aromatic carbocycles. The molecule has 1 aliphatic heterocycles. The molecule has 0 saturated heterocycles. The molecule has 4 N–H and O–H groups in total. The van der Waals surface area contributed by atoms with Gasteiger partial charge in [0, 0.05) is 36.1 Å². The Morgan fingerprint density at radius 2 is 1.82 bits per heavy atom. The standard InChI is InChI=1S/C26H27F2N3O3/c1-13(2)23-25(33)22(26(34)31-23)21(15-10-16(27)12-17(28)11-15)24-19(8-9-29-14(3)32)18-6-4-5-7-20(18)30-24/h4-7,10-13,21,23,30,33H,8-9H2,1-3H3,(H,29,32)(H,31,34). The molecule has 2 amide bonds. The fourth-order valence-electron chi connectivity index (χ4n) is 4.65. The molecule has 4 rings (SSSR count). The van der Waals surface area contributed by atoms with Crippen LogP contribution in [0.25, 0.3) is 10.9 Å². The lowest BCUT2D eigenvalue weighted by Gasteiger charge is -2.20. The summed E-state index contributed by atoms with van der Waals surface area (Å²) in [6.07, 6.45) is 0.413. The number of H-pyrrole nitrogens is 1. The molecule has 2 unspecified atom stereocenters. The Labute approximate surface area is 196 Å². The maximum Gasteiger partial charge on any atom is 0.252 e. The molecule has 2 atom stereocenters. The van der Waals surface area contributed by atoms with Crippen LogP contribution in [0.5, 0.6) is 0 Å². The van der Waals surface area contributed by atoms with Gasteiger partial charge in [-0.1, -0.05) is 32.0 Å². The number of aliphatic hydroxyl groups excluding tert-OH is 1. The Hall–Kier alpha value is -3.68. The van der Waals surface area contributed by atoms with Gasteiger partial charge in [-0.2, -0.15) is 0 Å². The molecule has 0 radical (unpaired) electrons. The number of nitrogens with one attached hydrogen (secondary N) is 3. The third-order valence-electron chi connectivity index (χ3n) is 6.16. The van der Waals surface area contributed by atoms with Gasteiger partial charge in [0.1, 0.15) is 17.4 Å². The molecular formula is C26H27F2N3O3. The zero-order valence-electron chi connectivity index (χ0n) is 19.2. The Morgan fingerprint density at radius 3 is 2.44 bits per heavy atom. The Balaban J connectivity index is 1.96. The minimum atomic E-state index is -0.950. The van der Waals surface area contributed by atoms with Crippen molar-refractivity contribution in [2.75, 3.05) is 6.54 Å². The van der Waals surface area contributed by atoms with Crippen LogP contribution >= 0.6 is 0 Å². The minimum Gasteiger partial charge on any atom is -0.510 e. The summed E-state index contributed by atoms with van der Waals surface area (Å²) in [6.45, 7) is 5.48. The third-order valence-corrected chi connectivity index (χ3v) is 6.16. The zero-order valence-corrected chi connectivity index (χ0v) is 19.2. The van der Waals surface area contributed by atoms with E-state index in [2.05, 4.69) is 15.6 Å². The quantitative estimate of drug-likeness (QED) is 0.419. The van der Waals surface area contributed by atoms with Crippen LogP contribution in [-0.4, -0.2) is 34.5 Å². The fourth-order valence-corrected chi connectivity index (χ4v) is 4.65. The Morgan fingerprint density at radius 1 is 1.15 bits per heavy atom. The number of halogens is 2. The molecule has 6 nitrogen and oxygen atoms in total. The van der Waals surface area contributed by atoms with Crippen molar-refractivity contribution in [2.24, 2.45) is 5.92 Å². The highest BCUT2D eigenvalue weighted by molar-refractivity contribution is 6.00. The number of carbonyl (C=O) groups excluding carboxylic acids is 2. The molecular weight excluding hydrogens is 440 g/mol. The van der Waals surface area contributed by atoms with Crippen molar-refractivity contribution in [1.82, 2.24) is 15.6 Å². The van der Waals surface area contributed by atoms with Gasteiger partial charge in [0.15, 0.2) is 0 Å². The smallest absolute Gasteiger partial charge is 0.252 e. The van der Waals surface area contributed by atoms with Crippen molar-refractivity contribution >= 4 is 22.7 Å². The van der Waals surface area contributed by atoms with Gasteiger partial charge < -0.3 is 20.7 Å². The summed E-state index contributed by atoms with van der Waals surface area (Å²) >= 11 is 0. The van der Waals surface area contributed by atoms with E-state index >= 15 is 0 Å². The number of benzene rings is 2. The van der Waals surface area contributed by atoms with Gasteiger partial charge in [0.2, 0.25) is 5.91 Å². The first kappa shape index (κ1) is 23.5. The lowest BCUT2D eigenvalue weighted by molar-refractivity contribution is -0.119. The molecule has 0 fully saturated rings. The number of aromatic amines is 1. The number of amides is 2. The van der Waals surface area contributed by atoms with Crippen LogP contribution in [0.4, 0.5) is 8.78 Å². The molecule has 178 valence electrons. The van der Waals surface area contributed by atoms with E-state index in [-0.39, 0.29) is 28.7 Å². The average Bonchev–Trinajstić information content (AvgIpc) is 3.26. The van der Waals surface area contributed by atoms with Gasteiger partial charge in [-0.15, -0.1) is 0 Å². The van der Waals surface area contributed by atoms with Crippen LogP contribution < -0.4 is 10.6 Å². The average molecular weight is 468 g/mol. The molecule has 3 aromatic rings. The predicted octanol–water partition coefficient (Wildman–Crippen LogP) is 4.22. The maximum atomic E-state index is 14.3. The molecule has 0 aliphatic carbocycles. The van der Waals surface area contributed by atoms with E-state index in [4.69, 9.17) is 0 Å². The molecule has 1 aliphatic rings. The van der Waals surface area contributed by atoms with Crippen LogP contribution in [0.15, 0.2) is 53.8 Å². The molecule has 0 saturated carbocycles. The van der Waals surface area contributed by atoms with Crippen molar-refractivity contribution in [1.29, 1.82) is 0 Å². The van der Waals surface area contributed by atoms with Gasteiger partial charge in [0.25, 0.3) is 5.91 Å². The van der Waals surface area contributed by atoms with E-state index in [9.17, 15) is 23.5 Å². The van der Waals surface area contributed by atoms with Gasteiger partial charge in [-0.3, -0.25) is 9.59 Å². The summed E-state index contributed by atoms with van der Waals surface area (Å²) in [5.41, 5.74) is 2.36. The van der Waals surface area contributed by atoms with Gasteiger partial charge >= 0.3 is 0 Å². The van der Waals surface area contributed by atoms with Crippen molar-refractivity contribution in [3.63, 3.8) is 0 Å². The zero-order chi connectivity index (χ0) is 24.6. The van der Waals surface area contributed by atoms with E-state index in [1.54, 1.807) is 0 Å². The number of hydrogen-bond donors (Lipinski definition) is 4. The van der Waals surface area contributed by atoms with Crippen molar-refractivity contribution < 1.29 is 23.5 Å². The summed E-state index contributed by atoms with van der Waals surface area (Å²) in [5, 5.41) is 17.5. The largest absolute Gasteiger partial charge is 0.510 e. The van der Waals surface area contributed by atoms with Gasteiger partial charge in [0.05, 0.1) is 17.5 Å².